The van der Waals surface area contributed by atoms with Crippen molar-refractivity contribution in [3.63, 3.8) is 0 Å². The standard InChI is InChI=1S/C21H26F7N3O3S.ClH/c1-2-35(33,34)31-11-9-30(10-12-31)19(5-7-20(24,25)8-6-19)13-29-18(32)16-15(22)4-3-14(17(16)23)21(26,27)28;/h3-4H,2,5-13H2,1H3,(H,29,32);1H. The topological polar surface area (TPSA) is 69.7 Å². The van der Waals surface area contributed by atoms with E-state index in [2.05, 4.69) is 5.32 Å². The van der Waals surface area contributed by atoms with E-state index in [1.165, 1.54) is 11.2 Å². The van der Waals surface area contributed by atoms with E-state index in [0.29, 0.717) is 6.07 Å². The molecule has 1 aromatic carbocycles. The Kier molecular flexibility index (Phi) is 9.34. The number of piperazine rings is 1. The Balaban J connectivity index is 0.00000456. The number of hydrogen-bond donors (Lipinski definition) is 1. The fourth-order valence-electron chi connectivity index (χ4n) is 4.62. The number of nitrogens with one attached hydrogen (secondary N) is 1. The molecule has 1 saturated carbocycles. The summed E-state index contributed by atoms with van der Waals surface area (Å²) >= 11 is 0. The van der Waals surface area contributed by atoms with Crippen LogP contribution < -0.4 is 5.32 Å². The summed E-state index contributed by atoms with van der Waals surface area (Å²) in [7, 11) is -3.46. The molecule has 1 heterocycles. The Morgan fingerprint density at radius 1 is 1.03 bits per heavy atom. The van der Waals surface area contributed by atoms with Crippen molar-refractivity contribution in [1.82, 2.24) is 14.5 Å². The van der Waals surface area contributed by atoms with E-state index in [4.69, 9.17) is 0 Å². The molecule has 1 aliphatic heterocycles. The van der Waals surface area contributed by atoms with Crippen molar-refractivity contribution in [2.45, 2.75) is 50.2 Å². The smallest absolute Gasteiger partial charge is 0.350 e. The van der Waals surface area contributed by atoms with Crippen LogP contribution in [0.5, 0.6) is 0 Å². The van der Waals surface area contributed by atoms with Crippen molar-refractivity contribution in [3.05, 3.63) is 34.9 Å². The zero-order chi connectivity index (χ0) is 26.2. The van der Waals surface area contributed by atoms with Gasteiger partial charge in [0.2, 0.25) is 15.9 Å². The van der Waals surface area contributed by atoms with Crippen LogP contribution in [0.25, 0.3) is 0 Å². The summed E-state index contributed by atoms with van der Waals surface area (Å²) in [6.07, 6.45) is -6.41. The minimum absolute atomic E-state index is 0. The largest absolute Gasteiger partial charge is 0.419 e. The predicted molar refractivity (Wildman–Crippen MR) is 120 cm³/mol. The van der Waals surface area contributed by atoms with Crippen LogP contribution in [0.3, 0.4) is 0 Å². The highest BCUT2D eigenvalue weighted by atomic mass is 35.5. The van der Waals surface area contributed by atoms with Gasteiger partial charge in [0.1, 0.15) is 11.4 Å². The molecule has 1 aliphatic carbocycles. The van der Waals surface area contributed by atoms with Gasteiger partial charge in [-0.2, -0.15) is 17.5 Å². The molecule has 0 spiro atoms. The van der Waals surface area contributed by atoms with E-state index in [1.807, 2.05) is 0 Å². The maximum absolute atomic E-state index is 14.4. The molecule has 15 heteroatoms. The van der Waals surface area contributed by atoms with Gasteiger partial charge in [0.25, 0.3) is 5.91 Å². The molecule has 6 nitrogen and oxygen atoms in total. The average molecular weight is 570 g/mol. The maximum Gasteiger partial charge on any atom is 0.419 e. The maximum atomic E-state index is 14.4. The first-order valence-corrected chi connectivity index (χ1v) is 12.7. The lowest BCUT2D eigenvalue weighted by atomic mass is 9.78. The number of halogens is 8. The minimum Gasteiger partial charge on any atom is -0.350 e. The van der Waals surface area contributed by atoms with Crippen LogP contribution in [0.1, 0.15) is 48.5 Å². The van der Waals surface area contributed by atoms with Crippen molar-refractivity contribution in [2.24, 2.45) is 0 Å². The Morgan fingerprint density at radius 3 is 2.08 bits per heavy atom. The van der Waals surface area contributed by atoms with Crippen LogP contribution in [0.2, 0.25) is 0 Å². The molecular weight excluding hydrogens is 543 g/mol. The first-order valence-electron chi connectivity index (χ1n) is 11.1. The molecule has 206 valence electrons. The second-order valence-electron chi connectivity index (χ2n) is 8.83. The van der Waals surface area contributed by atoms with Gasteiger partial charge in [-0.25, -0.2) is 26.0 Å². The Labute approximate surface area is 210 Å². The quantitative estimate of drug-likeness (QED) is 0.525. The van der Waals surface area contributed by atoms with Gasteiger partial charge in [0.15, 0.2) is 5.82 Å². The number of carbonyl (C=O) groups is 1. The molecule has 0 bridgehead atoms. The normalized spacial score (nSPS) is 21.0. The van der Waals surface area contributed by atoms with Gasteiger partial charge in [-0.3, -0.25) is 9.69 Å². The van der Waals surface area contributed by atoms with Gasteiger partial charge in [0, 0.05) is 51.1 Å². The van der Waals surface area contributed by atoms with Gasteiger partial charge in [-0.05, 0) is 31.9 Å². The van der Waals surface area contributed by atoms with Gasteiger partial charge in [-0.15, -0.1) is 12.4 Å². The predicted octanol–water partition coefficient (Wildman–Crippen LogP) is 4.05. The molecule has 1 amide bonds. The molecule has 1 aromatic rings. The molecule has 3 rings (SSSR count). The lowest BCUT2D eigenvalue weighted by Gasteiger charge is -2.50. The number of amides is 1. The lowest BCUT2D eigenvalue weighted by Crippen LogP contribution is -2.63. The second-order valence-corrected chi connectivity index (χ2v) is 11.1. The average Bonchev–Trinajstić information content (AvgIpc) is 2.78. The van der Waals surface area contributed by atoms with Crippen LogP contribution >= 0.6 is 12.4 Å². The van der Waals surface area contributed by atoms with E-state index in [1.54, 1.807) is 4.90 Å². The third kappa shape index (κ3) is 6.43. The summed E-state index contributed by atoms with van der Waals surface area (Å²) < 4.78 is 121. The third-order valence-corrected chi connectivity index (χ3v) is 8.66. The van der Waals surface area contributed by atoms with Gasteiger partial charge < -0.3 is 5.32 Å². The Hall–Kier alpha value is -1.64. The number of sulfonamides is 1. The first kappa shape index (κ1) is 30.6. The van der Waals surface area contributed by atoms with Crippen molar-refractivity contribution >= 4 is 28.3 Å². The molecule has 1 N–H and O–H groups in total. The highest BCUT2D eigenvalue weighted by Gasteiger charge is 2.48. The monoisotopic (exact) mass is 569 g/mol. The van der Waals surface area contributed by atoms with Gasteiger partial charge >= 0.3 is 6.18 Å². The van der Waals surface area contributed by atoms with E-state index in [-0.39, 0.29) is 69.8 Å². The fourth-order valence-corrected chi connectivity index (χ4v) is 5.71. The Bertz CT molecular complexity index is 1050. The highest BCUT2D eigenvalue weighted by molar-refractivity contribution is 7.89. The van der Waals surface area contributed by atoms with Crippen LogP contribution in [-0.4, -0.2) is 73.5 Å². The van der Waals surface area contributed by atoms with E-state index >= 15 is 0 Å². The third-order valence-electron chi connectivity index (χ3n) is 6.78. The summed E-state index contributed by atoms with van der Waals surface area (Å²) in [5.74, 6) is -8.03. The van der Waals surface area contributed by atoms with Crippen LogP contribution in [0.4, 0.5) is 30.7 Å². The molecule has 2 fully saturated rings. The summed E-state index contributed by atoms with van der Waals surface area (Å²) in [6.45, 7) is 1.68. The number of rotatable bonds is 6. The van der Waals surface area contributed by atoms with Gasteiger partial charge in [0.05, 0.1) is 11.3 Å². The SMILES string of the molecule is CCS(=O)(=O)N1CCN(C2(CNC(=O)c3c(F)ccc(C(F)(F)F)c3F)CCC(F)(F)CC2)CC1.Cl. The van der Waals surface area contributed by atoms with Crippen LogP contribution in [-0.2, 0) is 16.2 Å². The summed E-state index contributed by atoms with van der Waals surface area (Å²) in [4.78, 5) is 14.3. The fraction of sp³-hybridized carbons (Fsp3) is 0.667. The first-order chi connectivity index (χ1) is 16.1. The highest BCUT2D eigenvalue weighted by Crippen LogP contribution is 2.42. The number of nitrogens with zero attached hydrogens (tertiary/aromatic N) is 2. The van der Waals surface area contributed by atoms with Crippen molar-refractivity contribution < 1.29 is 43.9 Å². The molecule has 1 saturated heterocycles. The number of hydrogen-bond acceptors (Lipinski definition) is 4. The number of alkyl halides is 5. The number of carbonyl (C=O) groups excluding carboxylic acids is 1. The molecule has 0 radical (unpaired) electrons. The lowest BCUT2D eigenvalue weighted by molar-refractivity contribution is -0.140. The van der Waals surface area contributed by atoms with Gasteiger partial charge in [-0.1, -0.05) is 0 Å². The molecular formula is C21H27ClF7N3O3S. The summed E-state index contributed by atoms with van der Waals surface area (Å²) in [6, 6.07) is 0.529. The second kappa shape index (κ2) is 11.0. The zero-order valence-electron chi connectivity index (χ0n) is 19.3. The van der Waals surface area contributed by atoms with Crippen LogP contribution in [0, 0.1) is 11.6 Å². The Morgan fingerprint density at radius 2 is 1.58 bits per heavy atom. The molecule has 0 unspecified atom stereocenters. The molecule has 0 aromatic heterocycles. The molecule has 0 atom stereocenters. The van der Waals surface area contributed by atoms with E-state index in [9.17, 15) is 43.9 Å². The molecule has 36 heavy (non-hydrogen) atoms. The van der Waals surface area contributed by atoms with Crippen molar-refractivity contribution in [2.75, 3.05) is 38.5 Å². The summed E-state index contributed by atoms with van der Waals surface area (Å²) in [5.41, 5.74) is -4.28. The van der Waals surface area contributed by atoms with Crippen LogP contribution in [0.15, 0.2) is 12.1 Å². The van der Waals surface area contributed by atoms with E-state index in [0.717, 1.165) is 0 Å². The van der Waals surface area contributed by atoms with Crippen molar-refractivity contribution in [3.8, 4) is 0 Å². The number of benzene rings is 1. The minimum atomic E-state index is -5.15. The molecule has 2 aliphatic rings. The zero-order valence-corrected chi connectivity index (χ0v) is 20.9. The van der Waals surface area contributed by atoms with E-state index < -0.39 is 69.2 Å². The van der Waals surface area contributed by atoms with Crippen molar-refractivity contribution in [1.29, 1.82) is 0 Å². The summed E-state index contributed by atoms with van der Waals surface area (Å²) in [5, 5.41) is 2.24.